The lowest BCUT2D eigenvalue weighted by Gasteiger charge is -2.08. The Kier molecular flexibility index (Phi) is 5.58. The van der Waals surface area contributed by atoms with Crippen LogP contribution < -0.4 is 10.9 Å². The first-order chi connectivity index (χ1) is 14.2. The van der Waals surface area contributed by atoms with E-state index in [1.54, 1.807) is 11.4 Å². The molecule has 1 amide bonds. The summed E-state index contributed by atoms with van der Waals surface area (Å²) in [5, 5.41) is 9.73. The van der Waals surface area contributed by atoms with Crippen LogP contribution >= 0.6 is 11.3 Å². The average Bonchev–Trinajstić information content (AvgIpc) is 3.27. The van der Waals surface area contributed by atoms with E-state index in [9.17, 15) is 9.59 Å². The third kappa shape index (κ3) is 4.47. The van der Waals surface area contributed by atoms with Gasteiger partial charge in [0.15, 0.2) is 0 Å². The summed E-state index contributed by atoms with van der Waals surface area (Å²) in [6.45, 7) is 0.559. The summed E-state index contributed by atoms with van der Waals surface area (Å²) in [4.78, 5) is 28.9. The van der Waals surface area contributed by atoms with Crippen molar-refractivity contribution >= 4 is 17.2 Å². The second-order valence-corrected chi connectivity index (χ2v) is 7.16. The van der Waals surface area contributed by atoms with Gasteiger partial charge in [-0.2, -0.15) is 5.10 Å². The highest BCUT2D eigenvalue weighted by molar-refractivity contribution is 7.13. The van der Waals surface area contributed by atoms with Crippen LogP contribution in [0.4, 0.5) is 0 Å². The van der Waals surface area contributed by atoms with E-state index in [2.05, 4.69) is 15.4 Å². The van der Waals surface area contributed by atoms with Gasteiger partial charge in [-0.15, -0.1) is 11.3 Å². The van der Waals surface area contributed by atoms with Crippen LogP contribution in [-0.4, -0.2) is 27.2 Å². The molecule has 2 aromatic heterocycles. The van der Waals surface area contributed by atoms with E-state index in [4.69, 9.17) is 0 Å². The lowest BCUT2D eigenvalue weighted by molar-refractivity contribution is 0.0947. The second kappa shape index (κ2) is 8.62. The molecule has 144 valence electrons. The maximum absolute atomic E-state index is 12.4. The number of rotatable bonds is 6. The van der Waals surface area contributed by atoms with E-state index in [-0.39, 0.29) is 24.6 Å². The summed E-state index contributed by atoms with van der Waals surface area (Å²) in [7, 11) is 0. The standard InChI is InChI=1S/C22H18N4O2S/c27-20-12-11-18(16-7-3-1-4-8-16)25-26(20)14-13-23-21(28)19-15-29-22(24-19)17-9-5-2-6-10-17/h1-12,15H,13-14H2,(H,23,28). The number of carbonyl (C=O) groups excluding carboxylic acids is 1. The first-order valence-electron chi connectivity index (χ1n) is 9.13. The lowest BCUT2D eigenvalue weighted by Crippen LogP contribution is -2.32. The molecule has 6 nitrogen and oxygen atoms in total. The predicted molar refractivity (Wildman–Crippen MR) is 114 cm³/mol. The molecule has 0 bridgehead atoms. The second-order valence-electron chi connectivity index (χ2n) is 6.31. The zero-order valence-electron chi connectivity index (χ0n) is 15.5. The number of nitrogens with zero attached hydrogens (tertiary/aromatic N) is 3. The van der Waals surface area contributed by atoms with Crippen molar-refractivity contribution < 1.29 is 4.79 Å². The van der Waals surface area contributed by atoms with E-state index in [1.807, 2.05) is 60.7 Å². The van der Waals surface area contributed by atoms with Crippen LogP contribution in [-0.2, 0) is 6.54 Å². The Hall–Kier alpha value is -3.58. The molecule has 4 aromatic rings. The molecule has 0 radical (unpaired) electrons. The molecular weight excluding hydrogens is 384 g/mol. The number of thiazole rings is 1. The topological polar surface area (TPSA) is 76.9 Å². The van der Waals surface area contributed by atoms with Gasteiger partial charge in [-0.05, 0) is 6.07 Å². The normalized spacial score (nSPS) is 10.6. The first kappa shape index (κ1) is 18.8. The lowest BCUT2D eigenvalue weighted by atomic mass is 10.1. The Labute approximate surface area is 171 Å². The number of hydrogen-bond donors (Lipinski definition) is 1. The largest absolute Gasteiger partial charge is 0.349 e. The molecule has 0 aliphatic rings. The molecule has 0 fully saturated rings. The van der Waals surface area contributed by atoms with E-state index in [0.29, 0.717) is 11.4 Å². The van der Waals surface area contributed by atoms with Crippen LogP contribution in [0.3, 0.4) is 0 Å². The maximum atomic E-state index is 12.4. The Morgan fingerprint density at radius 1 is 0.931 bits per heavy atom. The molecule has 0 saturated heterocycles. The van der Waals surface area contributed by atoms with Gasteiger partial charge >= 0.3 is 0 Å². The summed E-state index contributed by atoms with van der Waals surface area (Å²) in [5.74, 6) is -0.268. The molecule has 0 aliphatic carbocycles. The fraction of sp³-hybridized carbons (Fsp3) is 0.0909. The van der Waals surface area contributed by atoms with Gasteiger partial charge < -0.3 is 5.32 Å². The fourth-order valence-corrected chi connectivity index (χ4v) is 3.64. The Balaban J connectivity index is 1.40. The smallest absolute Gasteiger partial charge is 0.270 e. The highest BCUT2D eigenvalue weighted by atomic mass is 32.1. The Morgan fingerprint density at radius 2 is 1.62 bits per heavy atom. The number of nitrogens with one attached hydrogen (secondary N) is 1. The maximum Gasteiger partial charge on any atom is 0.270 e. The molecule has 2 aromatic carbocycles. The van der Waals surface area contributed by atoms with Crippen molar-refractivity contribution in [1.82, 2.24) is 20.1 Å². The van der Waals surface area contributed by atoms with Crippen molar-refractivity contribution in [3.05, 3.63) is 94.2 Å². The van der Waals surface area contributed by atoms with Crippen LogP contribution in [0.2, 0.25) is 0 Å². The van der Waals surface area contributed by atoms with Crippen molar-refractivity contribution in [2.45, 2.75) is 6.54 Å². The molecule has 0 unspecified atom stereocenters. The Bertz CT molecular complexity index is 1170. The molecule has 0 spiro atoms. The number of aromatic nitrogens is 3. The van der Waals surface area contributed by atoms with Crippen LogP contribution in [0.25, 0.3) is 21.8 Å². The third-order valence-corrected chi connectivity index (χ3v) is 5.19. The van der Waals surface area contributed by atoms with E-state index in [0.717, 1.165) is 16.1 Å². The van der Waals surface area contributed by atoms with E-state index < -0.39 is 0 Å². The predicted octanol–water partition coefficient (Wildman–Crippen LogP) is 3.46. The van der Waals surface area contributed by atoms with E-state index >= 15 is 0 Å². The van der Waals surface area contributed by atoms with Crippen molar-refractivity contribution in [2.75, 3.05) is 6.54 Å². The molecular formula is C22H18N4O2S. The van der Waals surface area contributed by atoms with Crippen LogP contribution in [0.1, 0.15) is 10.5 Å². The van der Waals surface area contributed by atoms with Gasteiger partial charge in [-0.25, -0.2) is 9.67 Å². The summed E-state index contributed by atoms with van der Waals surface area (Å²) < 4.78 is 1.36. The van der Waals surface area contributed by atoms with Gasteiger partial charge in [0, 0.05) is 29.1 Å². The first-order valence-corrected chi connectivity index (χ1v) is 10.0. The summed E-state index contributed by atoms with van der Waals surface area (Å²) in [6.07, 6.45) is 0. The van der Waals surface area contributed by atoms with E-state index in [1.165, 1.54) is 22.1 Å². The SMILES string of the molecule is O=C(NCCn1nc(-c2ccccc2)ccc1=O)c1csc(-c2ccccc2)n1. The van der Waals surface area contributed by atoms with Crippen molar-refractivity contribution in [1.29, 1.82) is 0 Å². The summed E-state index contributed by atoms with van der Waals surface area (Å²) in [6, 6.07) is 22.6. The van der Waals surface area contributed by atoms with Crippen molar-refractivity contribution in [3.8, 4) is 21.8 Å². The molecule has 4 rings (SSSR count). The van der Waals surface area contributed by atoms with Gasteiger partial charge in [0.1, 0.15) is 10.7 Å². The monoisotopic (exact) mass is 402 g/mol. The van der Waals surface area contributed by atoms with Gasteiger partial charge in [0.25, 0.3) is 11.5 Å². The number of amides is 1. The Morgan fingerprint density at radius 3 is 2.34 bits per heavy atom. The molecule has 1 N–H and O–H groups in total. The molecule has 2 heterocycles. The fourth-order valence-electron chi connectivity index (χ4n) is 2.83. The molecule has 7 heteroatoms. The average molecular weight is 402 g/mol. The number of benzene rings is 2. The summed E-state index contributed by atoms with van der Waals surface area (Å²) >= 11 is 1.42. The molecule has 0 atom stereocenters. The third-order valence-electron chi connectivity index (χ3n) is 4.30. The zero-order valence-corrected chi connectivity index (χ0v) is 16.3. The minimum atomic E-state index is -0.268. The quantitative estimate of drug-likeness (QED) is 0.536. The van der Waals surface area contributed by atoms with Gasteiger partial charge in [-0.3, -0.25) is 9.59 Å². The van der Waals surface area contributed by atoms with Crippen LogP contribution in [0.15, 0.2) is 83.0 Å². The minimum Gasteiger partial charge on any atom is -0.349 e. The zero-order chi connectivity index (χ0) is 20.1. The van der Waals surface area contributed by atoms with Gasteiger partial charge in [-0.1, -0.05) is 60.7 Å². The van der Waals surface area contributed by atoms with Crippen LogP contribution in [0, 0.1) is 0 Å². The highest BCUT2D eigenvalue weighted by Crippen LogP contribution is 2.23. The molecule has 29 heavy (non-hydrogen) atoms. The highest BCUT2D eigenvalue weighted by Gasteiger charge is 2.11. The molecule has 0 saturated carbocycles. The molecule has 0 aliphatic heterocycles. The minimum absolute atomic E-state index is 0.209. The van der Waals surface area contributed by atoms with Crippen molar-refractivity contribution in [3.63, 3.8) is 0 Å². The number of hydrogen-bond acceptors (Lipinski definition) is 5. The van der Waals surface area contributed by atoms with Gasteiger partial charge in [0.05, 0.1) is 12.2 Å². The number of carbonyl (C=O) groups is 1. The summed E-state index contributed by atoms with van der Waals surface area (Å²) in [5.41, 5.74) is 2.78. The van der Waals surface area contributed by atoms with Crippen molar-refractivity contribution in [2.24, 2.45) is 0 Å². The van der Waals surface area contributed by atoms with Gasteiger partial charge in [0.2, 0.25) is 0 Å². The van der Waals surface area contributed by atoms with Crippen LogP contribution in [0.5, 0.6) is 0 Å².